The molecule has 0 spiro atoms. The number of nitrogens with zero attached hydrogens (tertiary/aromatic N) is 4. The number of carbonyl (C=O) groups excluding carboxylic acids is 4. The predicted molar refractivity (Wildman–Crippen MR) is 150 cm³/mol. The highest BCUT2D eigenvalue weighted by atomic mass is 16.4. The number of likely N-dealkylation sites (N-methyl/N-ethyl adjacent to an activating group) is 1. The maximum absolute atomic E-state index is 13.5. The largest absolute Gasteiger partial charge is 0.421 e. The summed E-state index contributed by atoms with van der Waals surface area (Å²) in [6.07, 6.45) is 2.88. The Morgan fingerprint density at radius 2 is 1.71 bits per heavy atom. The van der Waals surface area contributed by atoms with Crippen molar-refractivity contribution in [1.82, 2.24) is 35.9 Å². The van der Waals surface area contributed by atoms with Gasteiger partial charge in [-0.15, -0.1) is 10.2 Å². The van der Waals surface area contributed by atoms with Crippen molar-refractivity contribution < 1.29 is 23.6 Å². The third kappa shape index (κ3) is 7.69. The molecule has 2 bridgehead atoms. The first-order valence-electron chi connectivity index (χ1n) is 14.4. The lowest BCUT2D eigenvalue weighted by atomic mass is 10.0. The van der Waals surface area contributed by atoms with Gasteiger partial charge < -0.3 is 25.3 Å². The summed E-state index contributed by atoms with van der Waals surface area (Å²) in [4.78, 5) is 56.0. The highest BCUT2D eigenvalue weighted by molar-refractivity contribution is 5.92. The Bertz CT molecular complexity index is 1220. The molecule has 4 atom stereocenters. The van der Waals surface area contributed by atoms with Crippen LogP contribution >= 0.6 is 0 Å². The van der Waals surface area contributed by atoms with Gasteiger partial charge >= 0.3 is 0 Å². The summed E-state index contributed by atoms with van der Waals surface area (Å²) in [5.74, 6) is -0.758. The molecule has 0 saturated carbocycles. The second-order valence-electron chi connectivity index (χ2n) is 11.3. The molecule has 2 aromatic rings. The van der Waals surface area contributed by atoms with Crippen LogP contribution in [0.1, 0.15) is 75.9 Å². The van der Waals surface area contributed by atoms with E-state index in [4.69, 9.17) is 4.42 Å². The molecular formula is C29H41N7O5. The number of aromatic nitrogens is 2. The minimum atomic E-state index is -0.844. The van der Waals surface area contributed by atoms with Gasteiger partial charge in [0.15, 0.2) is 0 Å². The smallest absolute Gasteiger partial charge is 0.243 e. The van der Waals surface area contributed by atoms with Crippen LogP contribution in [-0.2, 0) is 25.6 Å². The van der Waals surface area contributed by atoms with Gasteiger partial charge in [-0.05, 0) is 43.7 Å². The van der Waals surface area contributed by atoms with E-state index in [0.717, 1.165) is 12.0 Å². The Morgan fingerprint density at radius 3 is 2.41 bits per heavy atom. The minimum Gasteiger partial charge on any atom is -0.421 e. The van der Waals surface area contributed by atoms with Crippen LogP contribution in [0.5, 0.6) is 0 Å². The van der Waals surface area contributed by atoms with E-state index in [0.29, 0.717) is 38.1 Å². The summed E-state index contributed by atoms with van der Waals surface area (Å²) < 4.78 is 6.18. The molecule has 1 fully saturated rings. The van der Waals surface area contributed by atoms with Crippen molar-refractivity contribution in [2.75, 3.05) is 26.7 Å². The number of benzene rings is 1. The van der Waals surface area contributed by atoms with E-state index in [9.17, 15) is 19.2 Å². The molecule has 12 nitrogen and oxygen atoms in total. The van der Waals surface area contributed by atoms with Gasteiger partial charge in [-0.3, -0.25) is 24.1 Å². The fraction of sp³-hybridized carbons (Fsp3) is 0.586. The second-order valence-corrected chi connectivity index (χ2v) is 11.3. The van der Waals surface area contributed by atoms with Crippen LogP contribution in [0.15, 0.2) is 34.7 Å². The van der Waals surface area contributed by atoms with Gasteiger partial charge in [0.05, 0.1) is 25.2 Å². The number of carbonyl (C=O) groups is 4. The van der Waals surface area contributed by atoms with Gasteiger partial charge in [0.1, 0.15) is 12.1 Å². The molecule has 1 unspecified atom stereocenters. The quantitative estimate of drug-likeness (QED) is 0.492. The standard InChI is InChI=1S/C29H41N7O5/c1-5-22-28-34-33-27(41-28)21(15-19-10-7-6-8-11-19)32-24(37)16-30-26(39)20(14-18(2)3)31-25(38)17-35(4)29(40)23-12-9-13-36(22)23/h6-8,10-11,18,20-23H,5,9,12-17H2,1-4H3,(H,30,39)(H,31,38)(H,32,37)/t20-,21-,22?,23-/m0/s1. The molecule has 2 aliphatic heterocycles. The second kappa shape index (κ2) is 13.7. The summed E-state index contributed by atoms with van der Waals surface area (Å²) in [5, 5.41) is 17.0. The van der Waals surface area contributed by atoms with Crippen molar-refractivity contribution >= 4 is 23.6 Å². The number of amides is 4. The van der Waals surface area contributed by atoms with Gasteiger partial charge in [0, 0.05) is 13.5 Å². The molecule has 4 amide bonds. The molecule has 12 heteroatoms. The number of rotatable bonds is 5. The number of hydrogen-bond donors (Lipinski definition) is 3. The third-order valence-corrected chi connectivity index (χ3v) is 7.56. The zero-order valence-corrected chi connectivity index (χ0v) is 24.3. The van der Waals surface area contributed by atoms with Gasteiger partial charge in [-0.1, -0.05) is 51.1 Å². The van der Waals surface area contributed by atoms with E-state index in [-0.39, 0.29) is 36.8 Å². The van der Waals surface area contributed by atoms with Crippen molar-refractivity contribution in [2.24, 2.45) is 5.92 Å². The molecule has 3 N–H and O–H groups in total. The van der Waals surface area contributed by atoms with Crippen LogP contribution < -0.4 is 16.0 Å². The van der Waals surface area contributed by atoms with Crippen LogP contribution in [0.2, 0.25) is 0 Å². The lowest BCUT2D eigenvalue weighted by Crippen LogP contribution is -2.53. The van der Waals surface area contributed by atoms with Gasteiger partial charge in [-0.2, -0.15) is 0 Å². The zero-order valence-electron chi connectivity index (χ0n) is 24.3. The molecule has 1 aromatic carbocycles. The normalized spacial score (nSPS) is 25.2. The number of hydrogen-bond acceptors (Lipinski definition) is 8. The highest BCUT2D eigenvalue weighted by Crippen LogP contribution is 2.33. The zero-order chi connectivity index (χ0) is 29.5. The molecule has 222 valence electrons. The molecule has 1 saturated heterocycles. The molecule has 0 radical (unpaired) electrons. The fourth-order valence-electron chi connectivity index (χ4n) is 5.58. The van der Waals surface area contributed by atoms with E-state index in [1.807, 2.05) is 51.1 Å². The lowest BCUT2D eigenvalue weighted by Gasteiger charge is -2.32. The average molecular weight is 568 g/mol. The number of fused-ring (bicyclic) bond motifs is 3. The number of nitrogens with one attached hydrogen (secondary N) is 3. The van der Waals surface area contributed by atoms with E-state index in [1.54, 1.807) is 7.05 Å². The van der Waals surface area contributed by atoms with Crippen LogP contribution in [-0.4, -0.2) is 82.4 Å². The molecule has 1 aromatic heterocycles. The summed E-state index contributed by atoms with van der Waals surface area (Å²) in [6, 6.07) is 7.42. The van der Waals surface area contributed by atoms with E-state index < -0.39 is 35.8 Å². The van der Waals surface area contributed by atoms with Gasteiger partial charge in [0.25, 0.3) is 0 Å². The van der Waals surface area contributed by atoms with Crippen LogP contribution in [0, 0.1) is 5.92 Å². The maximum atomic E-state index is 13.5. The Morgan fingerprint density at radius 1 is 1.00 bits per heavy atom. The Kier molecular flexibility index (Phi) is 10.1. The van der Waals surface area contributed by atoms with E-state index in [1.165, 1.54) is 4.90 Å². The van der Waals surface area contributed by atoms with Crippen LogP contribution in [0.3, 0.4) is 0 Å². The van der Waals surface area contributed by atoms with Crippen LogP contribution in [0.4, 0.5) is 0 Å². The van der Waals surface area contributed by atoms with E-state index in [2.05, 4.69) is 31.0 Å². The summed E-state index contributed by atoms with van der Waals surface area (Å²) >= 11 is 0. The molecule has 3 heterocycles. The average Bonchev–Trinajstić information content (AvgIpc) is 3.62. The Hall–Kier alpha value is -3.80. The molecule has 41 heavy (non-hydrogen) atoms. The SMILES string of the molecule is CCC1c2nnc(o2)[C@H](Cc2ccccc2)NC(=O)CNC(=O)[C@H](CC(C)C)NC(=O)CN(C)C(=O)[C@@H]2CCCN12. The highest BCUT2D eigenvalue weighted by Gasteiger charge is 2.39. The van der Waals surface area contributed by atoms with Crippen molar-refractivity contribution in [2.45, 2.75) is 77.0 Å². The topological polar surface area (TPSA) is 150 Å². The fourth-order valence-corrected chi connectivity index (χ4v) is 5.58. The van der Waals surface area contributed by atoms with Gasteiger partial charge in [0.2, 0.25) is 35.4 Å². The first-order chi connectivity index (χ1) is 19.7. The minimum absolute atomic E-state index is 0.108. The Balaban J connectivity index is 1.67. The summed E-state index contributed by atoms with van der Waals surface area (Å²) in [5.41, 5.74) is 0.962. The van der Waals surface area contributed by atoms with Crippen molar-refractivity contribution in [3.63, 3.8) is 0 Å². The Labute approximate surface area is 240 Å². The lowest BCUT2D eigenvalue weighted by molar-refractivity contribution is -0.140. The maximum Gasteiger partial charge on any atom is 0.243 e. The van der Waals surface area contributed by atoms with Gasteiger partial charge in [-0.25, -0.2) is 0 Å². The molecule has 4 rings (SSSR count). The van der Waals surface area contributed by atoms with Crippen molar-refractivity contribution in [1.29, 1.82) is 0 Å². The first kappa shape index (κ1) is 30.2. The third-order valence-electron chi connectivity index (χ3n) is 7.56. The van der Waals surface area contributed by atoms with Crippen LogP contribution in [0.25, 0.3) is 0 Å². The molecular weight excluding hydrogens is 526 g/mol. The monoisotopic (exact) mass is 567 g/mol. The summed E-state index contributed by atoms with van der Waals surface area (Å²) in [6.45, 7) is 6.08. The van der Waals surface area contributed by atoms with Crippen molar-refractivity contribution in [3.05, 3.63) is 47.7 Å². The first-order valence-corrected chi connectivity index (χ1v) is 14.4. The summed E-state index contributed by atoms with van der Waals surface area (Å²) in [7, 11) is 1.60. The molecule has 0 aliphatic carbocycles. The molecule has 2 aliphatic rings. The van der Waals surface area contributed by atoms with Crippen molar-refractivity contribution in [3.8, 4) is 0 Å². The van der Waals surface area contributed by atoms with E-state index >= 15 is 0 Å². The predicted octanol–water partition coefficient (Wildman–Crippen LogP) is 1.50.